The van der Waals surface area contributed by atoms with Gasteiger partial charge in [0.05, 0.1) is 27.9 Å². The van der Waals surface area contributed by atoms with Crippen molar-refractivity contribution in [1.29, 1.82) is 0 Å². The lowest BCUT2D eigenvalue weighted by Crippen LogP contribution is -2.37. The first-order valence-corrected chi connectivity index (χ1v) is 9.64. The average Bonchev–Trinajstić information content (AvgIpc) is 3.11. The summed E-state index contributed by atoms with van der Waals surface area (Å²) < 4.78 is 16.1. The third kappa shape index (κ3) is 5.56. The lowest BCUT2D eigenvalue weighted by atomic mass is 9.95. The normalized spacial score (nSPS) is 18.4. The molecule has 2 aromatic carbocycles. The third-order valence-electron chi connectivity index (χ3n) is 5.30. The Balaban J connectivity index is 0.00000320. The molecule has 0 bridgehead atoms. The highest BCUT2D eigenvalue weighted by molar-refractivity contribution is 5.85. The second kappa shape index (κ2) is 11.1. The van der Waals surface area contributed by atoms with Gasteiger partial charge >= 0.3 is 0 Å². The second-order valence-electron chi connectivity index (χ2n) is 7.17. The van der Waals surface area contributed by atoms with Crippen molar-refractivity contribution in [2.75, 3.05) is 41.0 Å². The summed E-state index contributed by atoms with van der Waals surface area (Å²) in [6.45, 7) is 2.13. The van der Waals surface area contributed by atoms with E-state index in [4.69, 9.17) is 19.9 Å². The number of carbonyl (C=O) groups is 1. The summed E-state index contributed by atoms with van der Waals surface area (Å²) in [6.07, 6.45) is 0. The molecule has 8 heteroatoms. The molecule has 1 aliphatic heterocycles. The SMILES string of the molecule is COc1cc(OC)c(OC)cc1CNC(=O)CN1C[C@@H](N)[C@H](c2ccccc2)C1.Cl. The predicted octanol–water partition coefficient (Wildman–Crippen LogP) is 2.18. The topological polar surface area (TPSA) is 86.0 Å². The van der Waals surface area contributed by atoms with E-state index in [-0.39, 0.29) is 30.3 Å². The molecular formula is C22H30ClN3O4. The summed E-state index contributed by atoms with van der Waals surface area (Å²) in [6, 6.07) is 13.8. The first-order valence-electron chi connectivity index (χ1n) is 9.64. The van der Waals surface area contributed by atoms with Crippen LogP contribution in [0.15, 0.2) is 42.5 Å². The van der Waals surface area contributed by atoms with Gasteiger partial charge in [-0.15, -0.1) is 12.4 Å². The number of benzene rings is 2. The lowest BCUT2D eigenvalue weighted by Gasteiger charge is -2.17. The van der Waals surface area contributed by atoms with Crippen molar-refractivity contribution in [3.63, 3.8) is 0 Å². The monoisotopic (exact) mass is 435 g/mol. The van der Waals surface area contributed by atoms with Gasteiger partial charge < -0.3 is 25.3 Å². The Labute approximate surface area is 183 Å². The largest absolute Gasteiger partial charge is 0.496 e. The van der Waals surface area contributed by atoms with E-state index in [0.29, 0.717) is 36.9 Å². The Hall–Kier alpha value is -2.48. The molecule has 164 valence electrons. The third-order valence-corrected chi connectivity index (χ3v) is 5.30. The van der Waals surface area contributed by atoms with Crippen LogP contribution < -0.4 is 25.3 Å². The zero-order valence-electron chi connectivity index (χ0n) is 17.6. The maximum atomic E-state index is 12.5. The molecule has 2 atom stereocenters. The van der Waals surface area contributed by atoms with Crippen LogP contribution in [-0.2, 0) is 11.3 Å². The van der Waals surface area contributed by atoms with Crippen molar-refractivity contribution < 1.29 is 19.0 Å². The van der Waals surface area contributed by atoms with Gasteiger partial charge in [0.2, 0.25) is 5.91 Å². The molecule has 0 aliphatic carbocycles. The van der Waals surface area contributed by atoms with E-state index in [2.05, 4.69) is 22.3 Å². The summed E-state index contributed by atoms with van der Waals surface area (Å²) in [5.74, 6) is 2.00. The molecular weight excluding hydrogens is 406 g/mol. The summed E-state index contributed by atoms with van der Waals surface area (Å²) in [5.41, 5.74) is 8.36. The molecule has 1 amide bonds. The highest BCUT2D eigenvalue weighted by Crippen LogP contribution is 2.34. The number of hydrogen-bond donors (Lipinski definition) is 2. The average molecular weight is 436 g/mol. The van der Waals surface area contributed by atoms with Gasteiger partial charge in [0.1, 0.15) is 5.75 Å². The molecule has 1 aliphatic rings. The minimum Gasteiger partial charge on any atom is -0.496 e. The second-order valence-corrected chi connectivity index (χ2v) is 7.17. The first kappa shape index (κ1) is 23.8. The van der Waals surface area contributed by atoms with Crippen molar-refractivity contribution >= 4 is 18.3 Å². The van der Waals surface area contributed by atoms with E-state index in [9.17, 15) is 4.79 Å². The van der Waals surface area contributed by atoms with Gasteiger partial charge in [0, 0.05) is 43.2 Å². The van der Waals surface area contributed by atoms with Crippen LogP contribution in [0.2, 0.25) is 0 Å². The molecule has 7 nitrogen and oxygen atoms in total. The van der Waals surface area contributed by atoms with Crippen LogP contribution in [0.3, 0.4) is 0 Å². The molecule has 0 unspecified atom stereocenters. The number of likely N-dealkylation sites (tertiary alicyclic amines) is 1. The highest BCUT2D eigenvalue weighted by Gasteiger charge is 2.31. The van der Waals surface area contributed by atoms with Crippen LogP contribution >= 0.6 is 12.4 Å². The number of nitrogens with one attached hydrogen (secondary N) is 1. The molecule has 30 heavy (non-hydrogen) atoms. The number of rotatable bonds is 8. The number of halogens is 1. The van der Waals surface area contributed by atoms with Crippen molar-refractivity contribution in [2.24, 2.45) is 5.73 Å². The van der Waals surface area contributed by atoms with Gasteiger partial charge in [-0.1, -0.05) is 30.3 Å². The standard InChI is InChI=1S/C22H29N3O4.ClH/c1-27-19-10-21(29-3)20(28-2)9-16(19)11-24-22(26)14-25-12-17(18(23)13-25)15-7-5-4-6-8-15;/h4-10,17-18H,11-14,23H2,1-3H3,(H,24,26);1H/t17-,18+;/m0./s1. The minimum absolute atomic E-state index is 0. The number of hydrogen-bond acceptors (Lipinski definition) is 6. The van der Waals surface area contributed by atoms with E-state index in [1.54, 1.807) is 27.4 Å². The van der Waals surface area contributed by atoms with Crippen molar-refractivity contribution in [2.45, 2.75) is 18.5 Å². The van der Waals surface area contributed by atoms with Gasteiger partial charge in [-0.05, 0) is 11.6 Å². The Morgan fingerprint density at radius 3 is 2.30 bits per heavy atom. The first-order chi connectivity index (χ1) is 14.0. The molecule has 1 saturated heterocycles. The molecule has 0 radical (unpaired) electrons. The lowest BCUT2D eigenvalue weighted by molar-refractivity contribution is -0.122. The van der Waals surface area contributed by atoms with Crippen LogP contribution in [0, 0.1) is 0 Å². The van der Waals surface area contributed by atoms with Gasteiger partial charge in [-0.3, -0.25) is 9.69 Å². The van der Waals surface area contributed by atoms with E-state index >= 15 is 0 Å². The molecule has 0 aromatic heterocycles. The molecule has 1 heterocycles. The van der Waals surface area contributed by atoms with Gasteiger partial charge in [-0.25, -0.2) is 0 Å². The van der Waals surface area contributed by atoms with Gasteiger partial charge in [0.15, 0.2) is 11.5 Å². The van der Waals surface area contributed by atoms with Crippen LogP contribution in [0.4, 0.5) is 0 Å². The van der Waals surface area contributed by atoms with E-state index in [1.165, 1.54) is 5.56 Å². The Morgan fingerprint density at radius 1 is 1.03 bits per heavy atom. The number of amides is 1. The fourth-order valence-electron chi connectivity index (χ4n) is 3.78. The summed E-state index contributed by atoms with van der Waals surface area (Å²) in [7, 11) is 4.73. The quantitative estimate of drug-likeness (QED) is 0.661. The zero-order valence-corrected chi connectivity index (χ0v) is 18.4. The van der Waals surface area contributed by atoms with Crippen LogP contribution in [0.5, 0.6) is 17.2 Å². The van der Waals surface area contributed by atoms with Crippen molar-refractivity contribution in [3.8, 4) is 17.2 Å². The maximum absolute atomic E-state index is 12.5. The molecule has 0 saturated carbocycles. The predicted molar refractivity (Wildman–Crippen MR) is 119 cm³/mol. The Kier molecular flexibility index (Phi) is 8.77. The number of carbonyl (C=O) groups excluding carboxylic acids is 1. The van der Waals surface area contributed by atoms with E-state index < -0.39 is 0 Å². The Morgan fingerprint density at radius 2 is 1.67 bits per heavy atom. The molecule has 1 fully saturated rings. The highest BCUT2D eigenvalue weighted by atomic mass is 35.5. The maximum Gasteiger partial charge on any atom is 0.234 e. The molecule has 3 rings (SSSR count). The number of ether oxygens (including phenoxy) is 3. The van der Waals surface area contributed by atoms with E-state index in [0.717, 1.165) is 12.1 Å². The molecule has 3 N–H and O–H groups in total. The number of nitrogens with zero attached hydrogens (tertiary/aromatic N) is 1. The summed E-state index contributed by atoms with van der Waals surface area (Å²) in [4.78, 5) is 14.6. The van der Waals surface area contributed by atoms with Crippen molar-refractivity contribution in [3.05, 3.63) is 53.6 Å². The van der Waals surface area contributed by atoms with Gasteiger partial charge in [-0.2, -0.15) is 0 Å². The number of methoxy groups -OCH3 is 3. The van der Waals surface area contributed by atoms with Crippen LogP contribution in [-0.4, -0.2) is 57.8 Å². The summed E-state index contributed by atoms with van der Waals surface area (Å²) in [5, 5.41) is 2.96. The Bertz CT molecular complexity index is 835. The number of nitrogens with two attached hydrogens (primary N) is 1. The fraction of sp³-hybridized carbons (Fsp3) is 0.409. The smallest absolute Gasteiger partial charge is 0.234 e. The fourth-order valence-corrected chi connectivity index (χ4v) is 3.78. The van der Waals surface area contributed by atoms with E-state index in [1.807, 2.05) is 24.3 Å². The van der Waals surface area contributed by atoms with Crippen LogP contribution in [0.25, 0.3) is 0 Å². The van der Waals surface area contributed by atoms with Crippen LogP contribution in [0.1, 0.15) is 17.0 Å². The van der Waals surface area contributed by atoms with Gasteiger partial charge in [0.25, 0.3) is 0 Å². The molecule has 0 spiro atoms. The van der Waals surface area contributed by atoms with Crippen molar-refractivity contribution in [1.82, 2.24) is 10.2 Å². The minimum atomic E-state index is -0.0530. The zero-order chi connectivity index (χ0) is 20.8. The summed E-state index contributed by atoms with van der Waals surface area (Å²) >= 11 is 0. The molecule has 2 aromatic rings.